The van der Waals surface area contributed by atoms with Crippen LogP contribution in [0.1, 0.15) is 30.9 Å². The normalized spacial score (nSPS) is 10.3. The number of nitriles is 1. The highest BCUT2D eigenvalue weighted by molar-refractivity contribution is 5.66. The minimum Gasteiger partial charge on any atom is -0.481 e. The van der Waals surface area contributed by atoms with Gasteiger partial charge in [-0.3, -0.25) is 9.69 Å². The Balaban J connectivity index is 2.70. The molecule has 0 aliphatic carbocycles. The van der Waals surface area contributed by atoms with E-state index in [1.807, 2.05) is 18.2 Å². The van der Waals surface area contributed by atoms with Crippen molar-refractivity contribution in [1.29, 1.82) is 5.26 Å². The Bertz CT molecular complexity index is 438. The van der Waals surface area contributed by atoms with Gasteiger partial charge in [-0.1, -0.05) is 25.1 Å². The van der Waals surface area contributed by atoms with Crippen molar-refractivity contribution in [2.75, 3.05) is 13.1 Å². The van der Waals surface area contributed by atoms with Gasteiger partial charge in [0, 0.05) is 13.1 Å². The summed E-state index contributed by atoms with van der Waals surface area (Å²) in [6, 6.07) is 9.61. The number of hydrogen-bond donors (Lipinski definition) is 1. The zero-order valence-corrected chi connectivity index (χ0v) is 10.6. The number of hydrogen-bond acceptors (Lipinski definition) is 3. The summed E-state index contributed by atoms with van der Waals surface area (Å²) in [6.45, 7) is 4.05. The standard InChI is InChI=1S/C14H18N2O2/c1-2-8-16(9-7-14(17)18)11-13-6-4-3-5-12(13)10-15/h3-6H,2,7-9,11H2,1H3,(H,17,18). The molecular weight excluding hydrogens is 228 g/mol. The van der Waals surface area contributed by atoms with Crippen LogP contribution in [0.5, 0.6) is 0 Å². The van der Waals surface area contributed by atoms with Gasteiger partial charge in [-0.25, -0.2) is 0 Å². The van der Waals surface area contributed by atoms with Gasteiger partial charge >= 0.3 is 5.97 Å². The summed E-state index contributed by atoms with van der Waals surface area (Å²) in [5.74, 6) is -0.787. The molecule has 0 unspecified atom stereocenters. The van der Waals surface area contributed by atoms with Gasteiger partial charge in [0.05, 0.1) is 18.1 Å². The molecule has 0 atom stereocenters. The van der Waals surface area contributed by atoms with Crippen molar-refractivity contribution in [3.8, 4) is 6.07 Å². The first-order valence-corrected chi connectivity index (χ1v) is 6.09. The topological polar surface area (TPSA) is 64.3 Å². The van der Waals surface area contributed by atoms with Gasteiger partial charge < -0.3 is 5.11 Å². The molecule has 96 valence electrons. The molecule has 1 rings (SSSR count). The molecule has 1 aromatic carbocycles. The number of aliphatic carboxylic acids is 1. The Morgan fingerprint density at radius 2 is 2.11 bits per heavy atom. The molecule has 0 radical (unpaired) electrons. The van der Waals surface area contributed by atoms with E-state index in [0.717, 1.165) is 18.5 Å². The van der Waals surface area contributed by atoms with Crippen molar-refractivity contribution in [1.82, 2.24) is 4.90 Å². The largest absolute Gasteiger partial charge is 0.481 e. The maximum absolute atomic E-state index is 10.6. The van der Waals surface area contributed by atoms with E-state index in [9.17, 15) is 4.79 Å². The lowest BCUT2D eigenvalue weighted by atomic mass is 10.1. The van der Waals surface area contributed by atoms with Crippen molar-refractivity contribution in [3.05, 3.63) is 35.4 Å². The number of nitrogens with zero attached hydrogens (tertiary/aromatic N) is 2. The predicted molar refractivity (Wildman–Crippen MR) is 69.0 cm³/mol. The van der Waals surface area contributed by atoms with Crippen LogP contribution in [0.25, 0.3) is 0 Å². The zero-order chi connectivity index (χ0) is 13.4. The fraction of sp³-hybridized carbons (Fsp3) is 0.429. The molecule has 1 N–H and O–H groups in total. The summed E-state index contributed by atoms with van der Waals surface area (Å²) < 4.78 is 0. The SMILES string of the molecule is CCCN(CCC(=O)O)Cc1ccccc1C#N. The molecule has 0 saturated carbocycles. The van der Waals surface area contributed by atoms with E-state index in [2.05, 4.69) is 17.9 Å². The van der Waals surface area contributed by atoms with Crippen LogP contribution in [0, 0.1) is 11.3 Å². The van der Waals surface area contributed by atoms with E-state index in [-0.39, 0.29) is 6.42 Å². The second-order valence-corrected chi connectivity index (χ2v) is 4.19. The van der Waals surface area contributed by atoms with E-state index in [4.69, 9.17) is 10.4 Å². The van der Waals surface area contributed by atoms with Gasteiger partial charge in [0.2, 0.25) is 0 Å². The Kier molecular flexibility index (Phi) is 5.89. The fourth-order valence-corrected chi connectivity index (χ4v) is 1.85. The first-order valence-electron chi connectivity index (χ1n) is 6.09. The quantitative estimate of drug-likeness (QED) is 0.801. The summed E-state index contributed by atoms with van der Waals surface area (Å²) >= 11 is 0. The number of rotatable bonds is 7. The predicted octanol–water partition coefficient (Wildman–Crippen LogP) is 2.24. The van der Waals surface area contributed by atoms with Crippen LogP contribution in [0.15, 0.2) is 24.3 Å². The van der Waals surface area contributed by atoms with Gasteiger partial charge in [0.1, 0.15) is 0 Å². The Hall–Kier alpha value is -1.86. The average molecular weight is 246 g/mol. The smallest absolute Gasteiger partial charge is 0.304 e. The fourth-order valence-electron chi connectivity index (χ4n) is 1.85. The first-order chi connectivity index (χ1) is 8.67. The van der Waals surface area contributed by atoms with Crippen molar-refractivity contribution < 1.29 is 9.90 Å². The molecule has 1 aromatic rings. The van der Waals surface area contributed by atoms with Gasteiger partial charge in [-0.05, 0) is 24.6 Å². The van der Waals surface area contributed by atoms with Crippen molar-refractivity contribution in [2.24, 2.45) is 0 Å². The van der Waals surface area contributed by atoms with Crippen LogP contribution in [-0.2, 0) is 11.3 Å². The molecule has 18 heavy (non-hydrogen) atoms. The monoisotopic (exact) mass is 246 g/mol. The number of carbonyl (C=O) groups is 1. The van der Waals surface area contributed by atoms with Crippen LogP contribution in [0.4, 0.5) is 0 Å². The van der Waals surface area contributed by atoms with Crippen LogP contribution in [0.2, 0.25) is 0 Å². The highest BCUT2D eigenvalue weighted by atomic mass is 16.4. The van der Waals surface area contributed by atoms with Crippen molar-refractivity contribution in [2.45, 2.75) is 26.3 Å². The van der Waals surface area contributed by atoms with Crippen molar-refractivity contribution >= 4 is 5.97 Å². The molecule has 0 amide bonds. The molecule has 0 bridgehead atoms. The van der Waals surface area contributed by atoms with Gasteiger partial charge in [0.15, 0.2) is 0 Å². The van der Waals surface area contributed by atoms with Crippen LogP contribution in [-0.4, -0.2) is 29.1 Å². The van der Waals surface area contributed by atoms with E-state index < -0.39 is 5.97 Å². The summed E-state index contributed by atoms with van der Waals surface area (Å²) in [5, 5.41) is 17.7. The Morgan fingerprint density at radius 3 is 2.72 bits per heavy atom. The molecule has 4 heteroatoms. The molecule has 4 nitrogen and oxygen atoms in total. The third-order valence-electron chi connectivity index (χ3n) is 2.71. The Labute approximate surface area is 107 Å². The molecule has 0 spiro atoms. The van der Waals surface area contributed by atoms with Gasteiger partial charge in [0.25, 0.3) is 0 Å². The molecule has 0 aliphatic rings. The molecule has 0 fully saturated rings. The maximum Gasteiger partial charge on any atom is 0.304 e. The zero-order valence-electron chi connectivity index (χ0n) is 10.6. The third-order valence-corrected chi connectivity index (χ3v) is 2.71. The average Bonchev–Trinajstić information content (AvgIpc) is 2.37. The minimum absolute atomic E-state index is 0.134. The lowest BCUT2D eigenvalue weighted by Crippen LogP contribution is -2.27. The summed E-state index contributed by atoms with van der Waals surface area (Å²) in [6.07, 6.45) is 1.10. The maximum atomic E-state index is 10.6. The second kappa shape index (κ2) is 7.46. The second-order valence-electron chi connectivity index (χ2n) is 4.19. The summed E-state index contributed by atoms with van der Waals surface area (Å²) in [5.41, 5.74) is 1.62. The molecular formula is C14H18N2O2. The molecule has 0 aromatic heterocycles. The number of carboxylic acid groups (broad SMARTS) is 1. The van der Waals surface area contributed by atoms with E-state index >= 15 is 0 Å². The van der Waals surface area contributed by atoms with E-state index in [1.54, 1.807) is 6.07 Å². The summed E-state index contributed by atoms with van der Waals surface area (Å²) in [7, 11) is 0. The molecule has 0 aliphatic heterocycles. The van der Waals surface area contributed by atoms with Crippen LogP contribution in [0.3, 0.4) is 0 Å². The first kappa shape index (κ1) is 14.2. The lowest BCUT2D eigenvalue weighted by molar-refractivity contribution is -0.137. The summed E-state index contributed by atoms with van der Waals surface area (Å²) in [4.78, 5) is 12.7. The van der Waals surface area contributed by atoms with Crippen LogP contribution < -0.4 is 0 Å². The number of benzene rings is 1. The van der Waals surface area contributed by atoms with Crippen LogP contribution >= 0.6 is 0 Å². The van der Waals surface area contributed by atoms with E-state index in [0.29, 0.717) is 18.7 Å². The third kappa shape index (κ3) is 4.56. The molecule has 0 heterocycles. The lowest BCUT2D eigenvalue weighted by Gasteiger charge is -2.21. The van der Waals surface area contributed by atoms with Crippen molar-refractivity contribution in [3.63, 3.8) is 0 Å². The van der Waals surface area contributed by atoms with Gasteiger partial charge in [-0.15, -0.1) is 0 Å². The highest BCUT2D eigenvalue weighted by Gasteiger charge is 2.09. The minimum atomic E-state index is -0.787. The number of carboxylic acids is 1. The molecule has 0 saturated heterocycles. The Morgan fingerprint density at radius 1 is 1.39 bits per heavy atom. The van der Waals surface area contributed by atoms with Gasteiger partial charge in [-0.2, -0.15) is 5.26 Å². The van der Waals surface area contributed by atoms with E-state index in [1.165, 1.54) is 0 Å². The highest BCUT2D eigenvalue weighted by Crippen LogP contribution is 2.11.